The number of hydrogen-bond acceptors (Lipinski definition) is 4. The third-order valence-corrected chi connectivity index (χ3v) is 3.86. The van der Waals surface area contributed by atoms with Gasteiger partial charge in [-0.1, -0.05) is 0 Å². The highest BCUT2D eigenvalue weighted by molar-refractivity contribution is 9.10. The molecule has 1 aliphatic rings. The SMILES string of the molecule is Cn1cc(N2CCN(Cc3ccc(Br)o3)CC2)cn1. The summed E-state index contributed by atoms with van der Waals surface area (Å²) in [4.78, 5) is 4.79. The van der Waals surface area contributed by atoms with Crippen molar-refractivity contribution in [2.24, 2.45) is 7.05 Å². The smallest absolute Gasteiger partial charge is 0.169 e. The van der Waals surface area contributed by atoms with Crippen LogP contribution in [0.25, 0.3) is 0 Å². The predicted octanol–water partition coefficient (Wildman–Crippen LogP) is 2.10. The maximum atomic E-state index is 5.55. The first-order chi connectivity index (χ1) is 9.20. The highest BCUT2D eigenvalue weighted by Gasteiger charge is 2.18. The van der Waals surface area contributed by atoms with Gasteiger partial charge in [-0.3, -0.25) is 9.58 Å². The van der Waals surface area contributed by atoms with Gasteiger partial charge in [0.25, 0.3) is 0 Å². The van der Waals surface area contributed by atoms with E-state index in [4.69, 9.17) is 4.42 Å². The highest BCUT2D eigenvalue weighted by Crippen LogP contribution is 2.18. The lowest BCUT2D eigenvalue weighted by molar-refractivity contribution is 0.229. The molecule has 0 spiro atoms. The van der Waals surface area contributed by atoms with E-state index in [2.05, 4.69) is 37.0 Å². The Hall–Kier alpha value is -1.27. The van der Waals surface area contributed by atoms with Gasteiger partial charge in [-0.15, -0.1) is 0 Å². The molecule has 0 aliphatic carbocycles. The number of furan rings is 1. The molecule has 1 aliphatic heterocycles. The average molecular weight is 325 g/mol. The highest BCUT2D eigenvalue weighted by atomic mass is 79.9. The van der Waals surface area contributed by atoms with E-state index >= 15 is 0 Å². The Kier molecular flexibility index (Phi) is 3.61. The van der Waals surface area contributed by atoms with Crippen molar-refractivity contribution >= 4 is 21.6 Å². The maximum absolute atomic E-state index is 5.55. The van der Waals surface area contributed by atoms with Crippen molar-refractivity contribution in [1.82, 2.24) is 14.7 Å². The van der Waals surface area contributed by atoms with Gasteiger partial charge >= 0.3 is 0 Å². The van der Waals surface area contributed by atoms with Gasteiger partial charge in [-0.2, -0.15) is 5.10 Å². The van der Waals surface area contributed by atoms with E-state index in [1.165, 1.54) is 5.69 Å². The number of aryl methyl sites for hydroxylation is 1. The summed E-state index contributed by atoms with van der Waals surface area (Å²) in [6, 6.07) is 3.97. The van der Waals surface area contributed by atoms with Crippen molar-refractivity contribution in [3.8, 4) is 0 Å². The summed E-state index contributed by atoms with van der Waals surface area (Å²) >= 11 is 3.34. The molecular weight excluding hydrogens is 308 g/mol. The first-order valence-electron chi connectivity index (χ1n) is 6.41. The summed E-state index contributed by atoms with van der Waals surface area (Å²) in [5.74, 6) is 1.02. The van der Waals surface area contributed by atoms with E-state index in [9.17, 15) is 0 Å². The summed E-state index contributed by atoms with van der Waals surface area (Å²) < 4.78 is 8.20. The molecule has 19 heavy (non-hydrogen) atoms. The molecule has 0 aromatic carbocycles. The molecule has 0 saturated carbocycles. The number of nitrogens with zero attached hydrogens (tertiary/aromatic N) is 4. The molecule has 1 saturated heterocycles. The van der Waals surface area contributed by atoms with Crippen molar-refractivity contribution < 1.29 is 4.42 Å². The molecule has 0 atom stereocenters. The fraction of sp³-hybridized carbons (Fsp3) is 0.462. The lowest BCUT2D eigenvalue weighted by atomic mass is 10.3. The van der Waals surface area contributed by atoms with Crippen LogP contribution < -0.4 is 4.90 Å². The van der Waals surface area contributed by atoms with Gasteiger partial charge in [-0.05, 0) is 28.1 Å². The third-order valence-electron chi connectivity index (χ3n) is 3.44. The van der Waals surface area contributed by atoms with Gasteiger partial charge in [-0.25, -0.2) is 0 Å². The van der Waals surface area contributed by atoms with Crippen LogP contribution in [0.2, 0.25) is 0 Å². The summed E-state index contributed by atoms with van der Waals surface area (Å²) in [6.07, 6.45) is 4.00. The van der Waals surface area contributed by atoms with Crippen LogP contribution in [0.5, 0.6) is 0 Å². The van der Waals surface area contributed by atoms with Crippen LogP contribution in [0.15, 0.2) is 33.6 Å². The fourth-order valence-corrected chi connectivity index (χ4v) is 2.73. The van der Waals surface area contributed by atoms with Gasteiger partial charge < -0.3 is 9.32 Å². The van der Waals surface area contributed by atoms with Crippen molar-refractivity contribution in [3.63, 3.8) is 0 Å². The Morgan fingerprint density at radius 1 is 1.26 bits per heavy atom. The Morgan fingerprint density at radius 2 is 2.05 bits per heavy atom. The molecule has 0 amide bonds. The van der Waals surface area contributed by atoms with E-state index in [-0.39, 0.29) is 0 Å². The van der Waals surface area contributed by atoms with Crippen molar-refractivity contribution in [2.75, 3.05) is 31.1 Å². The van der Waals surface area contributed by atoms with Crippen molar-refractivity contribution in [3.05, 3.63) is 35.0 Å². The van der Waals surface area contributed by atoms with Gasteiger partial charge in [0.05, 0.1) is 18.4 Å². The molecule has 0 radical (unpaired) electrons. The average Bonchev–Trinajstić information content (AvgIpc) is 3.00. The summed E-state index contributed by atoms with van der Waals surface area (Å²) in [5, 5.41) is 4.22. The lowest BCUT2D eigenvalue weighted by Gasteiger charge is -2.34. The molecule has 3 heterocycles. The molecule has 102 valence electrons. The second-order valence-corrected chi connectivity index (χ2v) is 5.62. The molecule has 2 aromatic heterocycles. The Balaban J connectivity index is 1.54. The third kappa shape index (κ3) is 3.01. The van der Waals surface area contributed by atoms with E-state index in [0.717, 1.165) is 43.2 Å². The molecule has 0 N–H and O–H groups in total. The summed E-state index contributed by atoms with van der Waals surface area (Å²) in [7, 11) is 1.95. The summed E-state index contributed by atoms with van der Waals surface area (Å²) in [5.41, 5.74) is 1.21. The number of rotatable bonds is 3. The van der Waals surface area contributed by atoms with Crippen LogP contribution in [0, 0.1) is 0 Å². The van der Waals surface area contributed by atoms with E-state index in [0.29, 0.717) is 0 Å². The van der Waals surface area contributed by atoms with Crippen LogP contribution in [0.3, 0.4) is 0 Å². The molecule has 6 heteroatoms. The molecule has 1 fully saturated rings. The Bertz CT molecular complexity index is 542. The zero-order chi connectivity index (χ0) is 13.2. The zero-order valence-corrected chi connectivity index (χ0v) is 12.5. The zero-order valence-electron chi connectivity index (χ0n) is 10.9. The van der Waals surface area contributed by atoms with Crippen molar-refractivity contribution in [2.45, 2.75) is 6.54 Å². The summed E-state index contributed by atoms with van der Waals surface area (Å²) in [6.45, 7) is 5.05. The van der Waals surface area contributed by atoms with E-state index in [1.54, 1.807) is 0 Å². The molecule has 5 nitrogen and oxygen atoms in total. The number of halogens is 1. The lowest BCUT2D eigenvalue weighted by Crippen LogP contribution is -2.45. The molecular formula is C13H17BrN4O. The largest absolute Gasteiger partial charge is 0.453 e. The van der Waals surface area contributed by atoms with E-state index < -0.39 is 0 Å². The first-order valence-corrected chi connectivity index (χ1v) is 7.20. The number of anilines is 1. The van der Waals surface area contributed by atoms with Crippen LogP contribution in [-0.4, -0.2) is 40.9 Å². The number of aromatic nitrogens is 2. The van der Waals surface area contributed by atoms with Crippen LogP contribution in [-0.2, 0) is 13.6 Å². The Labute approximate surface area is 120 Å². The minimum Gasteiger partial charge on any atom is -0.453 e. The first kappa shape index (κ1) is 12.7. The van der Waals surface area contributed by atoms with Gasteiger partial charge in [0, 0.05) is 39.4 Å². The predicted molar refractivity (Wildman–Crippen MR) is 77.1 cm³/mol. The quantitative estimate of drug-likeness (QED) is 0.866. The second-order valence-electron chi connectivity index (χ2n) is 4.84. The molecule has 3 rings (SSSR count). The van der Waals surface area contributed by atoms with Crippen LogP contribution in [0.1, 0.15) is 5.76 Å². The molecule has 0 unspecified atom stereocenters. The number of hydrogen-bond donors (Lipinski definition) is 0. The van der Waals surface area contributed by atoms with Crippen molar-refractivity contribution in [1.29, 1.82) is 0 Å². The van der Waals surface area contributed by atoms with Gasteiger partial charge in [0.2, 0.25) is 0 Å². The van der Waals surface area contributed by atoms with Gasteiger partial charge in [0.15, 0.2) is 4.67 Å². The Morgan fingerprint density at radius 3 is 2.63 bits per heavy atom. The van der Waals surface area contributed by atoms with Crippen LogP contribution >= 0.6 is 15.9 Å². The second kappa shape index (κ2) is 5.38. The minimum atomic E-state index is 0.802. The standard InChI is InChI=1S/C13H17BrN4O/c1-16-9-11(8-15-16)18-6-4-17(5-7-18)10-12-2-3-13(14)19-12/h2-3,8-9H,4-7,10H2,1H3. The fourth-order valence-electron chi connectivity index (χ4n) is 2.39. The normalized spacial score (nSPS) is 17.1. The van der Waals surface area contributed by atoms with Gasteiger partial charge in [0.1, 0.15) is 5.76 Å². The number of piperazine rings is 1. The molecule has 2 aromatic rings. The topological polar surface area (TPSA) is 37.4 Å². The minimum absolute atomic E-state index is 0.802. The molecule has 0 bridgehead atoms. The maximum Gasteiger partial charge on any atom is 0.169 e. The monoisotopic (exact) mass is 324 g/mol. The van der Waals surface area contributed by atoms with Crippen LogP contribution in [0.4, 0.5) is 5.69 Å². The van der Waals surface area contributed by atoms with E-state index in [1.807, 2.05) is 30.1 Å².